The van der Waals surface area contributed by atoms with E-state index in [9.17, 15) is 4.79 Å². The van der Waals surface area contributed by atoms with Crippen LogP contribution in [0, 0.1) is 6.92 Å². The molecule has 1 saturated heterocycles. The molecule has 17 heavy (non-hydrogen) atoms. The van der Waals surface area contributed by atoms with Gasteiger partial charge >= 0.3 is 0 Å². The van der Waals surface area contributed by atoms with Crippen molar-refractivity contribution in [2.75, 3.05) is 13.2 Å². The van der Waals surface area contributed by atoms with Crippen molar-refractivity contribution in [1.82, 2.24) is 5.32 Å². The number of furan rings is 1. The van der Waals surface area contributed by atoms with Gasteiger partial charge in [-0.05, 0) is 26.8 Å². The second kappa shape index (κ2) is 4.50. The maximum Gasteiger partial charge on any atom is 0.287 e. The van der Waals surface area contributed by atoms with Crippen molar-refractivity contribution < 1.29 is 18.7 Å². The van der Waals surface area contributed by atoms with Crippen LogP contribution in [0.15, 0.2) is 16.7 Å². The van der Waals surface area contributed by atoms with Crippen LogP contribution < -0.4 is 5.32 Å². The second-order valence-electron chi connectivity index (χ2n) is 4.59. The highest BCUT2D eigenvalue weighted by Crippen LogP contribution is 2.21. The Labute approximate surface area is 100 Å². The van der Waals surface area contributed by atoms with Crippen LogP contribution in [0.2, 0.25) is 0 Å². The topological polar surface area (TPSA) is 60.7 Å². The zero-order valence-electron chi connectivity index (χ0n) is 10.3. The van der Waals surface area contributed by atoms with Crippen LogP contribution in [0.1, 0.15) is 30.0 Å². The highest BCUT2D eigenvalue weighted by Gasteiger charge is 2.32. The van der Waals surface area contributed by atoms with Crippen LogP contribution in [0.5, 0.6) is 0 Å². The molecule has 1 unspecified atom stereocenters. The van der Waals surface area contributed by atoms with E-state index in [1.807, 2.05) is 20.8 Å². The third kappa shape index (κ3) is 2.87. The first-order valence-electron chi connectivity index (χ1n) is 5.62. The average molecular weight is 239 g/mol. The second-order valence-corrected chi connectivity index (χ2v) is 4.59. The third-order valence-electron chi connectivity index (χ3n) is 2.63. The van der Waals surface area contributed by atoms with Gasteiger partial charge in [0.1, 0.15) is 6.10 Å². The Hall–Kier alpha value is -1.33. The molecule has 0 bridgehead atoms. The van der Waals surface area contributed by atoms with Gasteiger partial charge in [-0.25, -0.2) is 0 Å². The number of rotatable bonds is 3. The lowest BCUT2D eigenvalue weighted by Crippen LogP contribution is -2.34. The molecule has 0 aliphatic carbocycles. The molecule has 0 aromatic carbocycles. The zero-order chi connectivity index (χ0) is 12.5. The lowest BCUT2D eigenvalue weighted by molar-refractivity contribution is -0.137. The summed E-state index contributed by atoms with van der Waals surface area (Å²) in [4.78, 5) is 11.7. The van der Waals surface area contributed by atoms with Crippen molar-refractivity contribution in [3.63, 3.8) is 0 Å². The van der Waals surface area contributed by atoms with Gasteiger partial charge in [-0.2, -0.15) is 0 Å². The highest BCUT2D eigenvalue weighted by atomic mass is 16.7. The Morgan fingerprint density at radius 1 is 1.59 bits per heavy atom. The molecule has 1 aliphatic heterocycles. The Morgan fingerprint density at radius 3 is 2.88 bits per heavy atom. The standard InChI is InChI=1S/C12H17NO4/c1-8-4-5-15-10(8)11(14)13-6-9-7-16-12(2,3)17-9/h4-5,9H,6-7H2,1-3H3,(H,13,14). The van der Waals surface area contributed by atoms with Crippen LogP contribution in [0.4, 0.5) is 0 Å². The van der Waals surface area contributed by atoms with Gasteiger partial charge in [-0.15, -0.1) is 0 Å². The van der Waals surface area contributed by atoms with Gasteiger partial charge < -0.3 is 19.2 Å². The molecule has 1 N–H and O–H groups in total. The van der Waals surface area contributed by atoms with Crippen LogP contribution >= 0.6 is 0 Å². The van der Waals surface area contributed by atoms with E-state index in [4.69, 9.17) is 13.9 Å². The molecule has 0 spiro atoms. The Balaban J connectivity index is 1.84. The summed E-state index contributed by atoms with van der Waals surface area (Å²) < 4.78 is 16.1. The largest absolute Gasteiger partial charge is 0.459 e. The van der Waals surface area contributed by atoms with E-state index in [-0.39, 0.29) is 12.0 Å². The highest BCUT2D eigenvalue weighted by molar-refractivity contribution is 5.92. The van der Waals surface area contributed by atoms with E-state index in [0.29, 0.717) is 18.9 Å². The summed E-state index contributed by atoms with van der Waals surface area (Å²) in [6.45, 7) is 6.44. The first-order chi connectivity index (χ1) is 7.98. The molecule has 1 atom stereocenters. The Morgan fingerprint density at radius 2 is 2.35 bits per heavy atom. The van der Waals surface area contributed by atoms with Crippen LogP contribution in [-0.2, 0) is 9.47 Å². The predicted octanol–water partition coefficient (Wildman–Crippen LogP) is 1.47. The quantitative estimate of drug-likeness (QED) is 0.867. The summed E-state index contributed by atoms with van der Waals surface area (Å²) in [6.07, 6.45) is 1.40. The van der Waals surface area contributed by atoms with E-state index < -0.39 is 5.79 Å². The molecule has 2 rings (SSSR count). The van der Waals surface area contributed by atoms with Crippen LogP contribution in [-0.4, -0.2) is 30.9 Å². The average Bonchev–Trinajstić information content (AvgIpc) is 2.81. The van der Waals surface area contributed by atoms with Crippen molar-refractivity contribution >= 4 is 5.91 Å². The molecule has 1 fully saturated rings. The maximum atomic E-state index is 11.7. The summed E-state index contributed by atoms with van der Waals surface area (Å²) in [5, 5.41) is 2.77. The number of hydrogen-bond donors (Lipinski definition) is 1. The summed E-state index contributed by atoms with van der Waals surface area (Å²) in [7, 11) is 0. The normalized spacial score (nSPS) is 22.6. The van der Waals surface area contributed by atoms with Gasteiger partial charge in [0.2, 0.25) is 0 Å². The Kier molecular flexibility index (Phi) is 3.22. The third-order valence-corrected chi connectivity index (χ3v) is 2.63. The van der Waals surface area contributed by atoms with Gasteiger partial charge in [-0.1, -0.05) is 0 Å². The van der Waals surface area contributed by atoms with Crippen molar-refractivity contribution in [3.8, 4) is 0 Å². The summed E-state index contributed by atoms with van der Waals surface area (Å²) in [5.74, 6) is -0.431. The van der Waals surface area contributed by atoms with E-state index in [1.165, 1.54) is 6.26 Å². The number of carbonyl (C=O) groups excluding carboxylic acids is 1. The van der Waals surface area contributed by atoms with Gasteiger partial charge in [0.05, 0.1) is 12.9 Å². The van der Waals surface area contributed by atoms with Crippen LogP contribution in [0.25, 0.3) is 0 Å². The lowest BCUT2D eigenvalue weighted by atomic mass is 10.2. The predicted molar refractivity (Wildman–Crippen MR) is 60.7 cm³/mol. The number of nitrogens with one attached hydrogen (secondary N) is 1. The Bertz CT molecular complexity index is 410. The van der Waals surface area contributed by atoms with Gasteiger partial charge in [0.15, 0.2) is 11.5 Å². The van der Waals surface area contributed by atoms with Crippen molar-refractivity contribution in [2.45, 2.75) is 32.7 Å². The number of carbonyl (C=O) groups is 1. The molecule has 94 valence electrons. The fraction of sp³-hybridized carbons (Fsp3) is 0.583. The minimum atomic E-state index is -0.560. The molecular formula is C12H17NO4. The molecular weight excluding hydrogens is 222 g/mol. The molecule has 1 aromatic rings. The maximum absolute atomic E-state index is 11.7. The van der Waals surface area contributed by atoms with Crippen molar-refractivity contribution in [2.24, 2.45) is 0 Å². The zero-order valence-corrected chi connectivity index (χ0v) is 10.3. The first-order valence-corrected chi connectivity index (χ1v) is 5.62. The van der Waals surface area contributed by atoms with Gasteiger partial charge in [0, 0.05) is 12.1 Å². The number of ether oxygens (including phenoxy) is 2. The minimum Gasteiger partial charge on any atom is -0.459 e. The number of amides is 1. The molecule has 2 heterocycles. The fourth-order valence-electron chi connectivity index (χ4n) is 1.76. The molecule has 0 radical (unpaired) electrons. The number of aryl methyl sites for hydroxylation is 1. The van der Waals surface area contributed by atoms with E-state index in [0.717, 1.165) is 5.56 Å². The molecule has 1 amide bonds. The molecule has 1 aliphatic rings. The van der Waals surface area contributed by atoms with E-state index in [2.05, 4.69) is 5.32 Å². The van der Waals surface area contributed by atoms with E-state index >= 15 is 0 Å². The lowest BCUT2D eigenvalue weighted by Gasteiger charge is -2.17. The van der Waals surface area contributed by atoms with Crippen molar-refractivity contribution in [1.29, 1.82) is 0 Å². The fourth-order valence-corrected chi connectivity index (χ4v) is 1.76. The minimum absolute atomic E-state index is 0.107. The van der Waals surface area contributed by atoms with Gasteiger partial charge in [0.25, 0.3) is 5.91 Å². The number of hydrogen-bond acceptors (Lipinski definition) is 4. The van der Waals surface area contributed by atoms with Crippen molar-refractivity contribution in [3.05, 3.63) is 23.7 Å². The summed E-state index contributed by atoms with van der Waals surface area (Å²) >= 11 is 0. The van der Waals surface area contributed by atoms with Crippen LogP contribution in [0.3, 0.4) is 0 Å². The smallest absolute Gasteiger partial charge is 0.287 e. The summed E-state index contributed by atoms with van der Waals surface area (Å²) in [5.41, 5.74) is 0.825. The molecule has 5 nitrogen and oxygen atoms in total. The summed E-state index contributed by atoms with van der Waals surface area (Å²) in [6, 6.07) is 1.76. The first kappa shape index (κ1) is 12.1. The molecule has 0 saturated carbocycles. The SMILES string of the molecule is Cc1ccoc1C(=O)NCC1COC(C)(C)O1. The van der Waals surface area contributed by atoms with Gasteiger partial charge in [-0.3, -0.25) is 4.79 Å². The monoisotopic (exact) mass is 239 g/mol. The van der Waals surface area contributed by atoms with E-state index in [1.54, 1.807) is 6.07 Å². The molecule has 5 heteroatoms. The molecule has 1 aromatic heterocycles.